The summed E-state index contributed by atoms with van der Waals surface area (Å²) in [5, 5.41) is 8.57. The number of nitrogens with one attached hydrogen (secondary N) is 1. The number of rotatable bonds is 3. The molecule has 0 radical (unpaired) electrons. The van der Waals surface area contributed by atoms with Crippen LogP contribution in [-0.2, 0) is 6.54 Å². The highest BCUT2D eigenvalue weighted by Crippen LogP contribution is 2.15. The first-order valence-electron chi connectivity index (χ1n) is 5.98. The van der Waals surface area contributed by atoms with Gasteiger partial charge in [0.1, 0.15) is 10.7 Å². The van der Waals surface area contributed by atoms with E-state index in [1.54, 1.807) is 16.8 Å². The summed E-state index contributed by atoms with van der Waals surface area (Å²) < 4.78 is 1.62. The van der Waals surface area contributed by atoms with Crippen LogP contribution < -0.4 is 5.32 Å². The number of aryl methyl sites for hydroxylation is 1. The number of carbonyl (C=O) groups is 1. The Morgan fingerprint density at radius 3 is 3.00 bits per heavy atom. The Morgan fingerprint density at radius 1 is 1.45 bits per heavy atom. The number of nitrogens with zero attached hydrogens (tertiary/aromatic N) is 3. The fraction of sp³-hybridized carbons (Fsp3) is 0.154. The number of fused-ring (bicyclic) bond motifs is 1. The minimum atomic E-state index is -0.236. The van der Waals surface area contributed by atoms with Crippen LogP contribution in [0.4, 0.5) is 0 Å². The molecule has 0 aliphatic rings. The lowest BCUT2D eigenvalue weighted by Gasteiger charge is -2.04. The van der Waals surface area contributed by atoms with Crippen molar-refractivity contribution in [3.63, 3.8) is 0 Å². The molecule has 0 spiro atoms. The predicted octanol–water partition coefficient (Wildman–Crippen LogP) is 2.68. The molecule has 20 heavy (non-hydrogen) atoms. The zero-order valence-electron chi connectivity index (χ0n) is 10.6. The maximum Gasteiger partial charge on any atom is 0.271 e. The van der Waals surface area contributed by atoms with Gasteiger partial charge in [-0.25, -0.2) is 9.50 Å². The average Bonchev–Trinajstić information content (AvgIpc) is 2.94. The van der Waals surface area contributed by atoms with Crippen LogP contribution in [-0.4, -0.2) is 20.5 Å². The molecule has 0 bridgehead atoms. The summed E-state index contributed by atoms with van der Waals surface area (Å²) >= 11 is 7.49. The molecule has 2 heterocycles. The molecular weight excluding hydrogens is 296 g/mol. The van der Waals surface area contributed by atoms with Crippen LogP contribution in [0.25, 0.3) is 4.96 Å². The van der Waals surface area contributed by atoms with Crippen molar-refractivity contribution in [1.82, 2.24) is 19.9 Å². The average molecular weight is 307 g/mol. The van der Waals surface area contributed by atoms with E-state index < -0.39 is 0 Å². The van der Waals surface area contributed by atoms with Crippen molar-refractivity contribution in [2.45, 2.75) is 13.5 Å². The summed E-state index contributed by atoms with van der Waals surface area (Å²) in [6, 6.07) is 7.40. The molecule has 1 aromatic carbocycles. The highest BCUT2D eigenvalue weighted by atomic mass is 35.5. The Labute approximate surface area is 124 Å². The highest BCUT2D eigenvalue weighted by molar-refractivity contribution is 7.16. The van der Waals surface area contributed by atoms with Gasteiger partial charge in [-0.2, -0.15) is 5.10 Å². The molecular formula is C13H11ClN4OS. The lowest BCUT2D eigenvalue weighted by atomic mass is 10.2. The molecule has 1 N–H and O–H groups in total. The van der Waals surface area contributed by atoms with Crippen molar-refractivity contribution >= 4 is 33.8 Å². The van der Waals surface area contributed by atoms with Crippen molar-refractivity contribution < 1.29 is 4.79 Å². The van der Waals surface area contributed by atoms with Crippen LogP contribution in [0.2, 0.25) is 5.02 Å². The summed E-state index contributed by atoms with van der Waals surface area (Å²) in [7, 11) is 0. The summed E-state index contributed by atoms with van der Waals surface area (Å²) in [5.41, 5.74) is 1.23. The van der Waals surface area contributed by atoms with Crippen molar-refractivity contribution in [1.29, 1.82) is 0 Å². The normalized spacial score (nSPS) is 10.9. The Bertz CT molecular complexity index is 748. The maximum atomic E-state index is 12.0. The number of amides is 1. The molecule has 3 aromatic rings. The molecule has 0 saturated heterocycles. The first kappa shape index (κ1) is 13.1. The third kappa shape index (κ3) is 2.52. The van der Waals surface area contributed by atoms with Gasteiger partial charge >= 0.3 is 0 Å². The molecule has 0 aliphatic heterocycles. The van der Waals surface area contributed by atoms with Crippen molar-refractivity contribution in [2.75, 3.05) is 0 Å². The quantitative estimate of drug-likeness (QED) is 0.809. The number of halogens is 1. The van der Waals surface area contributed by atoms with Gasteiger partial charge in [-0.05, 0) is 18.6 Å². The van der Waals surface area contributed by atoms with Crippen LogP contribution >= 0.6 is 22.9 Å². The van der Waals surface area contributed by atoms with Gasteiger partial charge in [0, 0.05) is 11.6 Å². The second kappa shape index (κ2) is 5.22. The minimum absolute atomic E-state index is 0.236. The van der Waals surface area contributed by atoms with Gasteiger partial charge in [0.25, 0.3) is 5.91 Å². The van der Waals surface area contributed by atoms with E-state index in [1.165, 1.54) is 11.3 Å². The van der Waals surface area contributed by atoms with Crippen LogP contribution in [0.1, 0.15) is 21.1 Å². The summed E-state index contributed by atoms with van der Waals surface area (Å²) in [6.07, 6.45) is 1.63. The summed E-state index contributed by atoms with van der Waals surface area (Å²) in [4.78, 5) is 17.0. The largest absolute Gasteiger partial charge is 0.347 e. The van der Waals surface area contributed by atoms with Crippen molar-refractivity contribution in [3.05, 3.63) is 51.7 Å². The van der Waals surface area contributed by atoms with Crippen LogP contribution in [0.15, 0.2) is 30.5 Å². The van der Waals surface area contributed by atoms with Gasteiger partial charge in [-0.1, -0.05) is 41.1 Å². The molecule has 0 aliphatic carbocycles. The Hall–Kier alpha value is -1.92. The Balaban J connectivity index is 1.73. The van der Waals surface area contributed by atoms with E-state index in [0.717, 1.165) is 10.6 Å². The molecule has 0 fully saturated rings. The fourth-order valence-electron chi connectivity index (χ4n) is 1.82. The molecule has 5 nitrogen and oxygen atoms in total. The first-order valence-corrected chi connectivity index (χ1v) is 7.17. The zero-order valence-corrected chi connectivity index (χ0v) is 12.2. The third-order valence-electron chi connectivity index (χ3n) is 2.77. The monoisotopic (exact) mass is 306 g/mol. The van der Waals surface area contributed by atoms with Gasteiger partial charge in [0.05, 0.1) is 6.20 Å². The van der Waals surface area contributed by atoms with E-state index in [9.17, 15) is 4.79 Å². The number of aromatic nitrogens is 3. The summed E-state index contributed by atoms with van der Waals surface area (Å²) in [5.74, 6) is -0.236. The smallest absolute Gasteiger partial charge is 0.271 e. The SMILES string of the molecule is Cc1nn2cc(C(=O)NCc3ccccc3Cl)nc2s1. The van der Waals surface area contributed by atoms with Crippen LogP contribution in [0.3, 0.4) is 0 Å². The van der Waals surface area contributed by atoms with Gasteiger partial charge in [0.2, 0.25) is 4.96 Å². The van der Waals surface area contributed by atoms with E-state index in [2.05, 4.69) is 15.4 Å². The molecule has 1 amide bonds. The predicted molar refractivity (Wildman–Crippen MR) is 78.2 cm³/mol. The zero-order chi connectivity index (χ0) is 14.1. The molecule has 102 valence electrons. The lowest BCUT2D eigenvalue weighted by Crippen LogP contribution is -2.23. The highest BCUT2D eigenvalue weighted by Gasteiger charge is 2.13. The number of carbonyl (C=O) groups excluding carboxylic acids is 1. The minimum Gasteiger partial charge on any atom is -0.347 e. The van der Waals surface area contributed by atoms with E-state index in [1.807, 2.05) is 25.1 Å². The Kier molecular flexibility index (Phi) is 3.42. The van der Waals surface area contributed by atoms with Gasteiger partial charge < -0.3 is 5.32 Å². The standard InChI is InChI=1S/C13H11ClN4OS/c1-8-17-18-7-11(16-13(18)20-8)12(19)15-6-9-4-2-3-5-10(9)14/h2-5,7H,6H2,1H3,(H,15,19). The topological polar surface area (TPSA) is 59.3 Å². The summed E-state index contributed by atoms with van der Waals surface area (Å²) in [6.45, 7) is 2.27. The number of hydrogen-bond acceptors (Lipinski definition) is 4. The van der Waals surface area contributed by atoms with E-state index in [-0.39, 0.29) is 5.91 Å². The first-order chi connectivity index (χ1) is 9.63. The molecule has 0 unspecified atom stereocenters. The fourth-order valence-corrected chi connectivity index (χ4v) is 2.74. The second-order valence-electron chi connectivity index (χ2n) is 4.25. The number of imidazole rings is 1. The number of benzene rings is 1. The molecule has 3 rings (SSSR count). The Morgan fingerprint density at radius 2 is 2.25 bits per heavy atom. The van der Waals surface area contributed by atoms with E-state index in [4.69, 9.17) is 11.6 Å². The van der Waals surface area contributed by atoms with Crippen LogP contribution in [0, 0.1) is 6.92 Å². The second-order valence-corrected chi connectivity index (χ2v) is 5.82. The van der Waals surface area contributed by atoms with E-state index >= 15 is 0 Å². The molecule has 7 heteroatoms. The molecule has 0 saturated carbocycles. The van der Waals surface area contributed by atoms with Crippen LogP contribution in [0.5, 0.6) is 0 Å². The van der Waals surface area contributed by atoms with Crippen molar-refractivity contribution in [2.24, 2.45) is 0 Å². The van der Waals surface area contributed by atoms with Gasteiger partial charge in [-0.3, -0.25) is 4.79 Å². The molecule has 0 atom stereocenters. The van der Waals surface area contributed by atoms with Gasteiger partial charge in [0.15, 0.2) is 0 Å². The number of hydrogen-bond donors (Lipinski definition) is 1. The lowest BCUT2D eigenvalue weighted by molar-refractivity contribution is 0.0946. The maximum absolute atomic E-state index is 12.0. The third-order valence-corrected chi connectivity index (χ3v) is 3.98. The van der Waals surface area contributed by atoms with Gasteiger partial charge in [-0.15, -0.1) is 0 Å². The van der Waals surface area contributed by atoms with Crippen molar-refractivity contribution in [3.8, 4) is 0 Å². The molecule has 2 aromatic heterocycles. The van der Waals surface area contributed by atoms with E-state index in [0.29, 0.717) is 22.2 Å².